The number of ether oxygens (including phenoxy) is 1. The minimum Gasteiger partial charge on any atom is -0.452 e. The molecule has 1 aliphatic heterocycles. The van der Waals surface area contributed by atoms with E-state index < -0.39 is 34.4 Å². The second-order valence-electron chi connectivity index (χ2n) is 6.31. The summed E-state index contributed by atoms with van der Waals surface area (Å²) in [6, 6.07) is 7.98. The molecule has 0 radical (unpaired) electrons. The van der Waals surface area contributed by atoms with Gasteiger partial charge in [0.25, 0.3) is 5.91 Å². The zero-order chi connectivity index (χ0) is 20.3. The Morgan fingerprint density at radius 1 is 1.29 bits per heavy atom. The Balaban J connectivity index is 1.78. The van der Waals surface area contributed by atoms with E-state index in [0.717, 1.165) is 5.41 Å². The van der Waals surface area contributed by atoms with E-state index in [0.29, 0.717) is 23.6 Å². The van der Waals surface area contributed by atoms with Crippen molar-refractivity contribution in [2.75, 3.05) is 17.3 Å². The van der Waals surface area contributed by atoms with Gasteiger partial charge in [-0.05, 0) is 31.6 Å². The number of carbonyl (C=O) groups excluding carboxylic acids is 2. The number of para-hydroxylation sites is 1. The topological polar surface area (TPSA) is 107 Å². The first-order valence-electron chi connectivity index (χ1n) is 8.72. The van der Waals surface area contributed by atoms with Gasteiger partial charge < -0.3 is 14.2 Å². The minimum absolute atomic E-state index is 0.213. The number of hydrogen-bond acceptors (Lipinski definition) is 7. The van der Waals surface area contributed by atoms with Gasteiger partial charge in [-0.2, -0.15) is 0 Å². The molecule has 0 saturated heterocycles. The predicted octanol–water partition coefficient (Wildman–Crippen LogP) is 2.05. The molecule has 9 heteroatoms. The van der Waals surface area contributed by atoms with E-state index in [1.165, 1.54) is 11.0 Å². The molecule has 0 saturated carbocycles. The highest BCUT2D eigenvalue weighted by Crippen LogP contribution is 2.23. The third-order valence-electron chi connectivity index (χ3n) is 4.34. The van der Waals surface area contributed by atoms with E-state index >= 15 is 0 Å². The van der Waals surface area contributed by atoms with E-state index in [1.54, 1.807) is 37.3 Å². The third kappa shape index (κ3) is 4.14. The predicted molar refractivity (Wildman–Crippen MR) is 102 cm³/mol. The van der Waals surface area contributed by atoms with Crippen LogP contribution in [0.1, 0.15) is 28.7 Å². The van der Waals surface area contributed by atoms with Crippen LogP contribution in [0.4, 0.5) is 5.69 Å². The maximum absolute atomic E-state index is 12.8. The molecule has 0 aliphatic carbocycles. The van der Waals surface area contributed by atoms with Gasteiger partial charge in [-0.15, -0.1) is 0 Å². The fourth-order valence-electron chi connectivity index (χ4n) is 3.02. The molecule has 0 fully saturated rings. The number of sulfone groups is 1. The second kappa shape index (κ2) is 7.97. The molecular formula is C19H20N2O6S. The molecule has 28 heavy (non-hydrogen) atoms. The number of rotatable bonds is 6. The lowest BCUT2D eigenvalue weighted by Crippen LogP contribution is -2.43. The second-order valence-corrected chi connectivity index (χ2v) is 8.25. The van der Waals surface area contributed by atoms with Gasteiger partial charge in [0.1, 0.15) is 11.3 Å². The number of aromatic nitrogens is 1. The van der Waals surface area contributed by atoms with Crippen LogP contribution in [0.5, 0.6) is 0 Å². The normalized spacial score (nSPS) is 17.4. The van der Waals surface area contributed by atoms with Crippen LogP contribution in [0.2, 0.25) is 0 Å². The van der Waals surface area contributed by atoms with Crippen LogP contribution in [0.3, 0.4) is 0 Å². The standard InChI is InChI=1S/C19H20N2O6S/c1-3-16-18(13(2)27-20-16)19(23)26-11-17(22)21(14-7-5-4-6-8-14)15-9-10-28(24,25)12-15/h4-10,15H,3,11-12H2,1-2H3. The van der Waals surface area contributed by atoms with Crippen LogP contribution in [-0.2, 0) is 25.8 Å². The maximum Gasteiger partial charge on any atom is 0.344 e. The lowest BCUT2D eigenvalue weighted by molar-refractivity contribution is -0.121. The van der Waals surface area contributed by atoms with Crippen molar-refractivity contribution in [3.05, 3.63) is 58.8 Å². The van der Waals surface area contributed by atoms with E-state index in [4.69, 9.17) is 9.26 Å². The Morgan fingerprint density at radius 3 is 2.61 bits per heavy atom. The number of nitrogens with zero attached hydrogens (tertiary/aromatic N) is 2. The summed E-state index contributed by atoms with van der Waals surface area (Å²) in [4.78, 5) is 26.6. The number of esters is 1. The van der Waals surface area contributed by atoms with Crippen LogP contribution in [0, 0.1) is 6.92 Å². The first-order valence-corrected chi connectivity index (χ1v) is 10.4. The first-order chi connectivity index (χ1) is 13.3. The van der Waals surface area contributed by atoms with Crippen molar-refractivity contribution < 1.29 is 27.3 Å². The number of hydrogen-bond donors (Lipinski definition) is 0. The third-order valence-corrected chi connectivity index (χ3v) is 5.72. The fraction of sp³-hybridized carbons (Fsp3) is 0.316. The lowest BCUT2D eigenvalue weighted by atomic mass is 10.1. The monoisotopic (exact) mass is 404 g/mol. The summed E-state index contributed by atoms with van der Waals surface area (Å²) >= 11 is 0. The van der Waals surface area contributed by atoms with Crippen molar-refractivity contribution in [3.8, 4) is 0 Å². The van der Waals surface area contributed by atoms with E-state index in [9.17, 15) is 18.0 Å². The molecule has 1 aromatic heterocycles. The molecule has 0 N–H and O–H groups in total. The molecular weight excluding hydrogens is 384 g/mol. The van der Waals surface area contributed by atoms with Gasteiger partial charge >= 0.3 is 5.97 Å². The molecule has 3 rings (SSSR count). The molecule has 8 nitrogen and oxygen atoms in total. The van der Waals surface area contributed by atoms with Crippen molar-refractivity contribution in [3.63, 3.8) is 0 Å². The molecule has 1 amide bonds. The van der Waals surface area contributed by atoms with Crippen LogP contribution in [0.25, 0.3) is 0 Å². The molecule has 1 unspecified atom stereocenters. The van der Waals surface area contributed by atoms with Crippen molar-refractivity contribution >= 4 is 27.4 Å². The lowest BCUT2D eigenvalue weighted by Gasteiger charge is -2.27. The van der Waals surface area contributed by atoms with Gasteiger partial charge in [0, 0.05) is 11.1 Å². The Kier molecular flexibility index (Phi) is 5.64. The summed E-state index contributed by atoms with van der Waals surface area (Å²) in [5.74, 6) is -1.13. The van der Waals surface area contributed by atoms with Gasteiger partial charge in [-0.1, -0.05) is 30.3 Å². The van der Waals surface area contributed by atoms with Crippen molar-refractivity contribution in [2.24, 2.45) is 0 Å². The average Bonchev–Trinajstić information content (AvgIpc) is 3.22. The van der Waals surface area contributed by atoms with Crippen LogP contribution < -0.4 is 4.90 Å². The maximum atomic E-state index is 12.8. The highest BCUT2D eigenvalue weighted by molar-refractivity contribution is 7.94. The average molecular weight is 404 g/mol. The largest absolute Gasteiger partial charge is 0.452 e. The molecule has 2 aromatic rings. The number of benzene rings is 1. The first kappa shape index (κ1) is 19.8. The van der Waals surface area contributed by atoms with Gasteiger partial charge in [-0.25, -0.2) is 13.2 Å². The van der Waals surface area contributed by atoms with E-state index in [-0.39, 0.29) is 11.3 Å². The summed E-state index contributed by atoms with van der Waals surface area (Å²) in [6.45, 7) is 2.88. The molecule has 0 bridgehead atoms. The fourth-order valence-corrected chi connectivity index (χ4v) is 4.29. The number of amides is 1. The minimum atomic E-state index is -3.37. The summed E-state index contributed by atoms with van der Waals surface area (Å²) in [6.07, 6.45) is 1.94. The molecule has 1 aromatic carbocycles. The number of aryl methyl sites for hydroxylation is 2. The van der Waals surface area contributed by atoms with Crippen LogP contribution in [0.15, 0.2) is 46.3 Å². The van der Waals surface area contributed by atoms with Crippen molar-refractivity contribution in [1.29, 1.82) is 0 Å². The number of carbonyl (C=O) groups is 2. The molecule has 148 valence electrons. The van der Waals surface area contributed by atoms with E-state index in [2.05, 4.69) is 5.16 Å². The SMILES string of the molecule is CCc1noc(C)c1C(=O)OCC(=O)N(c1ccccc1)C1C=CS(=O)(=O)C1. The summed E-state index contributed by atoms with van der Waals surface area (Å²) in [7, 11) is -3.37. The Morgan fingerprint density at radius 2 is 2.00 bits per heavy atom. The molecule has 0 spiro atoms. The van der Waals surface area contributed by atoms with Crippen molar-refractivity contribution in [2.45, 2.75) is 26.3 Å². The van der Waals surface area contributed by atoms with Crippen molar-refractivity contribution in [1.82, 2.24) is 5.16 Å². The van der Waals surface area contributed by atoms with Crippen LogP contribution >= 0.6 is 0 Å². The summed E-state index contributed by atoms with van der Waals surface area (Å²) < 4.78 is 33.8. The van der Waals surface area contributed by atoms with Gasteiger partial charge in [0.2, 0.25) is 0 Å². The quantitative estimate of drug-likeness (QED) is 0.678. The molecule has 2 heterocycles. The number of anilines is 1. The zero-order valence-electron chi connectivity index (χ0n) is 15.5. The summed E-state index contributed by atoms with van der Waals surface area (Å²) in [5.41, 5.74) is 1.19. The van der Waals surface area contributed by atoms with Gasteiger partial charge in [0.05, 0.1) is 17.5 Å². The molecule has 1 atom stereocenters. The highest BCUT2D eigenvalue weighted by Gasteiger charge is 2.32. The highest BCUT2D eigenvalue weighted by atomic mass is 32.2. The van der Waals surface area contributed by atoms with Gasteiger partial charge in [-0.3, -0.25) is 4.79 Å². The van der Waals surface area contributed by atoms with E-state index in [1.807, 2.05) is 6.92 Å². The zero-order valence-corrected chi connectivity index (χ0v) is 16.3. The Hall–Kier alpha value is -2.94. The molecule has 1 aliphatic rings. The Bertz CT molecular complexity index is 1010. The Labute approximate surface area is 162 Å². The summed E-state index contributed by atoms with van der Waals surface area (Å²) in [5, 5.41) is 4.90. The van der Waals surface area contributed by atoms with Crippen LogP contribution in [-0.4, -0.2) is 43.9 Å². The van der Waals surface area contributed by atoms with Gasteiger partial charge in [0.15, 0.2) is 16.4 Å². The smallest absolute Gasteiger partial charge is 0.344 e.